The minimum Gasteiger partial charge on any atom is -0.442 e. The van der Waals surface area contributed by atoms with Gasteiger partial charge in [0.1, 0.15) is 12.3 Å². The quantitative estimate of drug-likeness (QED) is 0.591. The summed E-state index contributed by atoms with van der Waals surface area (Å²) in [5.74, 6) is 0. The van der Waals surface area contributed by atoms with Crippen molar-refractivity contribution in [3.8, 4) is 0 Å². The van der Waals surface area contributed by atoms with Crippen molar-refractivity contribution < 1.29 is 40.6 Å². The van der Waals surface area contributed by atoms with E-state index in [1.54, 1.807) is 18.2 Å². The third-order valence-electron chi connectivity index (χ3n) is 5.87. The second-order valence-electron chi connectivity index (χ2n) is 8.15. The van der Waals surface area contributed by atoms with Gasteiger partial charge < -0.3 is 14.8 Å². The highest BCUT2D eigenvalue weighted by Gasteiger charge is 2.52. The molecule has 2 fully saturated rings. The average Bonchev–Trinajstić information content (AvgIpc) is 3.26. The Morgan fingerprint density at radius 1 is 1.06 bits per heavy atom. The fraction of sp³-hybridized carbons (Fsp3) is 0.409. The Hall–Kier alpha value is -2.79. The van der Waals surface area contributed by atoms with Gasteiger partial charge in [-0.1, -0.05) is 30.3 Å². The van der Waals surface area contributed by atoms with E-state index >= 15 is 0 Å². The van der Waals surface area contributed by atoms with Crippen LogP contribution in [-0.2, 0) is 27.4 Å². The Kier molecular flexibility index (Phi) is 5.81. The van der Waals surface area contributed by atoms with Crippen LogP contribution in [0.1, 0.15) is 41.7 Å². The molecule has 0 saturated carbocycles. The monoisotopic (exact) mass is 474 g/mol. The molecule has 0 aromatic heterocycles. The van der Waals surface area contributed by atoms with E-state index in [2.05, 4.69) is 10.6 Å². The van der Waals surface area contributed by atoms with Gasteiger partial charge in [-0.3, -0.25) is 5.32 Å². The number of rotatable bonds is 5. The third-order valence-corrected chi connectivity index (χ3v) is 5.87. The summed E-state index contributed by atoms with van der Waals surface area (Å²) in [4.78, 5) is 11.5. The van der Waals surface area contributed by atoms with Crippen molar-refractivity contribution in [1.82, 2.24) is 10.6 Å². The lowest BCUT2D eigenvalue weighted by atomic mass is 9.88. The molecule has 4 atom stereocenters. The molecule has 2 aliphatic rings. The molecule has 2 heterocycles. The number of ether oxygens (including phenoxy) is 2. The lowest BCUT2D eigenvalue weighted by molar-refractivity contribution is -0.143. The lowest BCUT2D eigenvalue weighted by Crippen LogP contribution is -2.49. The molecule has 1 amide bonds. The largest absolute Gasteiger partial charge is 0.442 e. The van der Waals surface area contributed by atoms with Crippen LogP contribution < -0.4 is 10.6 Å². The van der Waals surface area contributed by atoms with E-state index in [1.165, 1.54) is 6.92 Å². The van der Waals surface area contributed by atoms with Gasteiger partial charge in [0.2, 0.25) is 0 Å². The molecule has 4 rings (SSSR count). The van der Waals surface area contributed by atoms with E-state index < -0.39 is 53.5 Å². The van der Waals surface area contributed by atoms with E-state index in [9.17, 15) is 31.1 Å². The number of carbonyl (C=O) groups is 1. The molecule has 0 radical (unpaired) electrons. The van der Waals surface area contributed by atoms with Crippen LogP contribution in [0.25, 0.3) is 0 Å². The Bertz CT molecular complexity index is 977. The standard InChI is InChI=1S/C22H20F6N2O3/c1-12(13-7-15(21(23,24)25)9-16(8-13)22(26,27)28)32-11-20(14-5-3-2-4-6-14)10-17-18(30-20)29-19(31)33-17/h2-9,12,17-18,30H,10-11H2,1H3,(H,29,31). The van der Waals surface area contributed by atoms with Crippen molar-refractivity contribution in [2.75, 3.05) is 6.61 Å². The van der Waals surface area contributed by atoms with Gasteiger partial charge in [0.15, 0.2) is 0 Å². The van der Waals surface area contributed by atoms with Crippen LogP contribution in [0.4, 0.5) is 31.1 Å². The van der Waals surface area contributed by atoms with Gasteiger partial charge in [0.05, 0.1) is 29.4 Å². The maximum absolute atomic E-state index is 13.2. The van der Waals surface area contributed by atoms with E-state index in [1.807, 2.05) is 12.1 Å². The van der Waals surface area contributed by atoms with Gasteiger partial charge in [0.25, 0.3) is 0 Å². The predicted molar refractivity (Wildman–Crippen MR) is 104 cm³/mol. The minimum absolute atomic E-state index is 0.0813. The maximum atomic E-state index is 13.2. The van der Waals surface area contributed by atoms with Crippen LogP contribution in [0, 0.1) is 0 Å². The molecule has 0 bridgehead atoms. The van der Waals surface area contributed by atoms with Crippen molar-refractivity contribution in [2.24, 2.45) is 0 Å². The molecule has 0 aliphatic carbocycles. The number of fused-ring (bicyclic) bond motifs is 1. The highest BCUT2D eigenvalue weighted by atomic mass is 19.4. The topological polar surface area (TPSA) is 59.6 Å². The van der Waals surface area contributed by atoms with Crippen LogP contribution in [0.5, 0.6) is 0 Å². The summed E-state index contributed by atoms with van der Waals surface area (Å²) >= 11 is 0. The zero-order valence-electron chi connectivity index (χ0n) is 17.3. The Labute approximate surface area is 185 Å². The lowest BCUT2D eigenvalue weighted by Gasteiger charge is -2.32. The fourth-order valence-corrected chi connectivity index (χ4v) is 4.17. The molecule has 2 aliphatic heterocycles. The van der Waals surface area contributed by atoms with E-state index in [-0.39, 0.29) is 18.2 Å². The summed E-state index contributed by atoms with van der Waals surface area (Å²) in [5.41, 5.74) is -3.13. The number of nitrogens with one attached hydrogen (secondary N) is 2. The van der Waals surface area contributed by atoms with Crippen molar-refractivity contribution >= 4 is 6.09 Å². The predicted octanol–water partition coefficient (Wildman–Crippen LogP) is 5.13. The first-order valence-electron chi connectivity index (χ1n) is 10.1. The minimum atomic E-state index is -4.94. The number of benzene rings is 2. The van der Waals surface area contributed by atoms with Gasteiger partial charge in [-0.05, 0) is 36.2 Å². The molecular weight excluding hydrogens is 454 g/mol. The fourth-order valence-electron chi connectivity index (χ4n) is 4.17. The molecule has 5 nitrogen and oxygen atoms in total. The van der Waals surface area contributed by atoms with E-state index in [4.69, 9.17) is 9.47 Å². The van der Waals surface area contributed by atoms with E-state index in [0.717, 1.165) is 5.56 Å². The number of alkyl halides is 6. The van der Waals surface area contributed by atoms with Crippen LogP contribution in [0.2, 0.25) is 0 Å². The summed E-state index contributed by atoms with van der Waals surface area (Å²) in [6, 6.07) is 10.4. The van der Waals surface area contributed by atoms with Gasteiger partial charge in [0, 0.05) is 6.42 Å². The molecule has 0 spiro atoms. The Morgan fingerprint density at radius 2 is 1.67 bits per heavy atom. The van der Waals surface area contributed by atoms with Crippen molar-refractivity contribution in [3.63, 3.8) is 0 Å². The van der Waals surface area contributed by atoms with Crippen LogP contribution >= 0.6 is 0 Å². The number of alkyl carbamates (subject to hydrolysis) is 1. The Morgan fingerprint density at radius 3 is 2.21 bits per heavy atom. The molecule has 33 heavy (non-hydrogen) atoms. The van der Waals surface area contributed by atoms with Crippen molar-refractivity contribution in [1.29, 1.82) is 0 Å². The number of hydrogen-bond donors (Lipinski definition) is 2. The van der Waals surface area contributed by atoms with Crippen LogP contribution in [-0.4, -0.2) is 25.0 Å². The molecule has 178 valence electrons. The highest BCUT2D eigenvalue weighted by Crippen LogP contribution is 2.40. The number of carbonyl (C=O) groups excluding carboxylic acids is 1. The number of hydrogen-bond acceptors (Lipinski definition) is 4. The van der Waals surface area contributed by atoms with Gasteiger partial charge >= 0.3 is 18.4 Å². The molecule has 11 heteroatoms. The smallest absolute Gasteiger partial charge is 0.416 e. The van der Waals surface area contributed by atoms with Crippen LogP contribution in [0.15, 0.2) is 48.5 Å². The molecule has 2 aromatic rings. The molecule has 4 unspecified atom stereocenters. The number of amides is 1. The first kappa shape index (κ1) is 23.4. The maximum Gasteiger partial charge on any atom is 0.416 e. The number of halogens is 6. The van der Waals surface area contributed by atoms with E-state index in [0.29, 0.717) is 18.6 Å². The molecule has 2 saturated heterocycles. The zero-order chi connectivity index (χ0) is 24.0. The summed E-state index contributed by atoms with van der Waals surface area (Å²) < 4.78 is 90.3. The molecular formula is C22H20F6N2O3. The summed E-state index contributed by atoms with van der Waals surface area (Å²) in [5, 5.41) is 5.88. The van der Waals surface area contributed by atoms with Gasteiger partial charge in [-0.2, -0.15) is 26.3 Å². The first-order valence-corrected chi connectivity index (χ1v) is 10.1. The van der Waals surface area contributed by atoms with Crippen molar-refractivity contribution in [2.45, 2.75) is 49.6 Å². The summed E-state index contributed by atoms with van der Waals surface area (Å²) in [7, 11) is 0. The van der Waals surface area contributed by atoms with Crippen LogP contribution in [0.3, 0.4) is 0 Å². The third kappa shape index (κ3) is 4.79. The highest BCUT2D eigenvalue weighted by molar-refractivity contribution is 5.70. The van der Waals surface area contributed by atoms with Gasteiger partial charge in [-0.15, -0.1) is 0 Å². The second kappa shape index (κ2) is 8.21. The zero-order valence-corrected chi connectivity index (χ0v) is 17.3. The van der Waals surface area contributed by atoms with Crippen molar-refractivity contribution in [3.05, 3.63) is 70.8 Å². The van der Waals surface area contributed by atoms with Gasteiger partial charge in [-0.25, -0.2) is 4.79 Å². The first-order chi connectivity index (χ1) is 15.4. The SMILES string of the molecule is CC(OCC1(c2ccccc2)CC2OC(=O)NC2N1)c1cc(C(F)(F)F)cc(C(F)(F)F)c1. The normalized spacial score (nSPS) is 26.0. The Balaban J connectivity index is 1.60. The average molecular weight is 474 g/mol. The summed E-state index contributed by atoms with van der Waals surface area (Å²) in [6.07, 6.45) is -12.2. The summed E-state index contributed by atoms with van der Waals surface area (Å²) in [6.45, 7) is 1.31. The molecule has 2 N–H and O–H groups in total. The molecule has 2 aromatic carbocycles. The second-order valence-corrected chi connectivity index (χ2v) is 8.15.